The van der Waals surface area contributed by atoms with Crippen LogP contribution in [0.3, 0.4) is 0 Å². The zero-order valence-corrected chi connectivity index (χ0v) is 10.6. The van der Waals surface area contributed by atoms with Gasteiger partial charge in [0.15, 0.2) is 0 Å². The van der Waals surface area contributed by atoms with Crippen molar-refractivity contribution >= 4 is 21.4 Å². The fraction of sp³-hybridized carbons (Fsp3) is 0.636. The van der Waals surface area contributed by atoms with Gasteiger partial charge in [0.05, 0.1) is 0 Å². The molecule has 3 nitrogen and oxygen atoms in total. The third-order valence-electron chi connectivity index (χ3n) is 3.80. The molecule has 2 aliphatic carbocycles. The average molecular weight is 257 g/mol. The van der Waals surface area contributed by atoms with Gasteiger partial charge in [0.25, 0.3) is 0 Å². The third kappa shape index (κ3) is 1.81. The van der Waals surface area contributed by atoms with Crippen LogP contribution in [0.4, 0.5) is 0 Å². The molecule has 3 rings (SSSR count). The van der Waals surface area contributed by atoms with Gasteiger partial charge in [-0.2, -0.15) is 0 Å². The molecule has 0 aromatic carbocycles. The third-order valence-corrected chi connectivity index (χ3v) is 6.69. The van der Waals surface area contributed by atoms with Crippen LogP contribution in [0.5, 0.6) is 0 Å². The molecule has 5 heteroatoms. The fourth-order valence-corrected chi connectivity index (χ4v) is 5.39. The molecular weight excluding hydrogens is 242 g/mol. The van der Waals surface area contributed by atoms with Crippen LogP contribution in [0.1, 0.15) is 25.7 Å². The first-order valence-electron chi connectivity index (χ1n) is 5.71. The van der Waals surface area contributed by atoms with Crippen LogP contribution >= 0.6 is 11.3 Å². The normalized spacial score (nSPS) is 33.4. The van der Waals surface area contributed by atoms with Crippen molar-refractivity contribution in [2.45, 2.75) is 35.9 Å². The van der Waals surface area contributed by atoms with E-state index in [4.69, 9.17) is 0 Å². The number of hydrogen-bond acceptors (Lipinski definition) is 3. The van der Waals surface area contributed by atoms with Crippen molar-refractivity contribution in [3.05, 3.63) is 17.5 Å². The highest BCUT2D eigenvalue weighted by molar-refractivity contribution is 7.91. The van der Waals surface area contributed by atoms with E-state index in [1.165, 1.54) is 30.6 Å². The van der Waals surface area contributed by atoms with Crippen molar-refractivity contribution in [2.24, 2.45) is 11.8 Å². The molecule has 0 spiro atoms. The van der Waals surface area contributed by atoms with E-state index in [9.17, 15) is 8.42 Å². The molecule has 2 fully saturated rings. The number of hydrogen-bond donors (Lipinski definition) is 1. The highest BCUT2D eigenvalue weighted by Crippen LogP contribution is 2.44. The molecule has 16 heavy (non-hydrogen) atoms. The fourth-order valence-electron chi connectivity index (χ4n) is 3.06. The van der Waals surface area contributed by atoms with Gasteiger partial charge in [0, 0.05) is 6.04 Å². The molecule has 0 radical (unpaired) electrons. The Hall–Kier alpha value is -0.390. The number of rotatable bonds is 3. The van der Waals surface area contributed by atoms with Gasteiger partial charge in [0.2, 0.25) is 10.0 Å². The topological polar surface area (TPSA) is 46.2 Å². The monoisotopic (exact) mass is 257 g/mol. The molecule has 1 aromatic rings. The molecule has 2 saturated carbocycles. The summed E-state index contributed by atoms with van der Waals surface area (Å²) >= 11 is 1.28. The summed E-state index contributed by atoms with van der Waals surface area (Å²) in [5.41, 5.74) is 0. The van der Waals surface area contributed by atoms with Crippen LogP contribution in [0.2, 0.25) is 0 Å². The smallest absolute Gasteiger partial charge is 0.207 e. The summed E-state index contributed by atoms with van der Waals surface area (Å²) in [5.74, 6) is 1.35. The zero-order chi connectivity index (χ0) is 11.2. The van der Waals surface area contributed by atoms with Gasteiger partial charge in [-0.25, -0.2) is 13.1 Å². The van der Waals surface area contributed by atoms with E-state index in [0.717, 1.165) is 12.3 Å². The Morgan fingerprint density at radius 1 is 1.31 bits per heavy atom. The van der Waals surface area contributed by atoms with Crippen LogP contribution in [0.15, 0.2) is 21.7 Å². The highest BCUT2D eigenvalue weighted by atomic mass is 32.2. The van der Waals surface area contributed by atoms with Gasteiger partial charge in [-0.3, -0.25) is 0 Å². The summed E-state index contributed by atoms with van der Waals surface area (Å²) in [6, 6.07) is 3.63. The standard InChI is InChI=1S/C11H15NO2S2/c13-16(14,11-2-1-5-15-11)12-10-7-8-3-4-9(10)6-8/h1-2,5,8-10,12H,3-4,6-7H2/t8-,9-,10-/m0/s1. The molecule has 88 valence electrons. The lowest BCUT2D eigenvalue weighted by Gasteiger charge is -2.22. The number of fused-ring (bicyclic) bond motifs is 2. The molecule has 3 atom stereocenters. The summed E-state index contributed by atoms with van der Waals surface area (Å²) in [5, 5.41) is 1.80. The minimum atomic E-state index is -3.25. The van der Waals surface area contributed by atoms with Gasteiger partial charge in [0.1, 0.15) is 4.21 Å². The highest BCUT2D eigenvalue weighted by Gasteiger charge is 2.41. The van der Waals surface area contributed by atoms with E-state index in [-0.39, 0.29) is 6.04 Å². The predicted octanol–water partition coefficient (Wildman–Crippen LogP) is 2.21. The molecule has 1 aromatic heterocycles. The van der Waals surface area contributed by atoms with E-state index >= 15 is 0 Å². The molecule has 0 saturated heterocycles. The molecule has 1 N–H and O–H groups in total. The zero-order valence-electron chi connectivity index (χ0n) is 8.93. The van der Waals surface area contributed by atoms with E-state index in [2.05, 4.69) is 4.72 Å². The maximum Gasteiger partial charge on any atom is 0.250 e. The molecule has 2 aliphatic rings. The summed E-state index contributed by atoms with van der Waals surface area (Å²) in [6.45, 7) is 0. The van der Waals surface area contributed by atoms with Gasteiger partial charge in [-0.1, -0.05) is 12.5 Å². The molecule has 2 bridgehead atoms. The summed E-state index contributed by atoms with van der Waals surface area (Å²) in [7, 11) is -3.25. The van der Waals surface area contributed by atoms with Gasteiger partial charge in [-0.05, 0) is 42.5 Å². The Morgan fingerprint density at radius 3 is 2.75 bits per heavy atom. The van der Waals surface area contributed by atoms with Gasteiger partial charge >= 0.3 is 0 Å². The molecular formula is C11H15NO2S2. The van der Waals surface area contributed by atoms with Crippen molar-refractivity contribution in [3.8, 4) is 0 Å². The number of sulfonamides is 1. The first-order chi connectivity index (χ1) is 7.65. The van der Waals surface area contributed by atoms with Crippen LogP contribution in [-0.2, 0) is 10.0 Å². The summed E-state index contributed by atoms with van der Waals surface area (Å²) < 4.78 is 27.4. The van der Waals surface area contributed by atoms with Crippen molar-refractivity contribution in [3.63, 3.8) is 0 Å². The van der Waals surface area contributed by atoms with E-state index in [1.807, 2.05) is 0 Å². The van der Waals surface area contributed by atoms with Crippen LogP contribution in [0, 0.1) is 11.8 Å². The van der Waals surface area contributed by atoms with Crippen LogP contribution in [-0.4, -0.2) is 14.5 Å². The second-order valence-electron chi connectivity index (χ2n) is 4.83. The molecule has 0 aliphatic heterocycles. The summed E-state index contributed by atoms with van der Waals surface area (Å²) in [6.07, 6.45) is 4.75. The Labute approximate surface area is 99.9 Å². The van der Waals surface area contributed by atoms with Gasteiger partial charge in [-0.15, -0.1) is 11.3 Å². The Balaban J connectivity index is 1.76. The van der Waals surface area contributed by atoms with Gasteiger partial charge < -0.3 is 0 Å². The average Bonchev–Trinajstić information content (AvgIpc) is 2.94. The van der Waals surface area contributed by atoms with Crippen molar-refractivity contribution in [1.82, 2.24) is 4.72 Å². The SMILES string of the molecule is O=S(=O)(N[C@H]1C[C@H]2CC[C@H]1C2)c1cccs1. The first kappa shape index (κ1) is 10.7. The molecule has 0 unspecified atom stereocenters. The Morgan fingerprint density at radius 2 is 2.19 bits per heavy atom. The van der Waals surface area contributed by atoms with Crippen molar-refractivity contribution in [1.29, 1.82) is 0 Å². The lowest BCUT2D eigenvalue weighted by atomic mass is 9.96. The minimum absolute atomic E-state index is 0.186. The Kier molecular flexibility index (Phi) is 2.57. The molecule has 1 heterocycles. The van der Waals surface area contributed by atoms with Crippen molar-refractivity contribution in [2.75, 3.05) is 0 Å². The lowest BCUT2D eigenvalue weighted by molar-refractivity contribution is 0.390. The lowest BCUT2D eigenvalue weighted by Crippen LogP contribution is -2.38. The van der Waals surface area contributed by atoms with Crippen molar-refractivity contribution < 1.29 is 8.42 Å². The van der Waals surface area contributed by atoms with E-state index in [1.54, 1.807) is 17.5 Å². The maximum absolute atomic E-state index is 12.0. The maximum atomic E-state index is 12.0. The van der Waals surface area contributed by atoms with Crippen LogP contribution in [0.25, 0.3) is 0 Å². The largest absolute Gasteiger partial charge is 0.250 e. The van der Waals surface area contributed by atoms with E-state index < -0.39 is 10.0 Å². The number of thiophene rings is 1. The Bertz CT molecular complexity index is 466. The second-order valence-corrected chi connectivity index (χ2v) is 7.72. The summed E-state index contributed by atoms with van der Waals surface area (Å²) in [4.78, 5) is 0. The predicted molar refractivity (Wildman–Crippen MR) is 63.9 cm³/mol. The number of nitrogens with one attached hydrogen (secondary N) is 1. The quantitative estimate of drug-likeness (QED) is 0.902. The first-order valence-corrected chi connectivity index (χ1v) is 8.07. The van der Waals surface area contributed by atoms with E-state index in [0.29, 0.717) is 10.1 Å². The van der Waals surface area contributed by atoms with Crippen LogP contribution < -0.4 is 4.72 Å². The molecule has 0 amide bonds. The second kappa shape index (κ2) is 3.82. The minimum Gasteiger partial charge on any atom is -0.207 e.